The number of nitro benzene ring substituents is 1. The average molecular weight is 259 g/mol. The summed E-state index contributed by atoms with van der Waals surface area (Å²) in [7, 11) is 1.76. The third kappa shape index (κ3) is 2.98. The van der Waals surface area contributed by atoms with Gasteiger partial charge in [-0.15, -0.1) is 0 Å². The summed E-state index contributed by atoms with van der Waals surface area (Å²) in [6, 6.07) is 6.45. The first-order valence-corrected chi connectivity index (χ1v) is 5.66. The van der Waals surface area contributed by atoms with E-state index >= 15 is 0 Å². The van der Waals surface area contributed by atoms with Crippen LogP contribution in [0.2, 0.25) is 0 Å². The summed E-state index contributed by atoms with van der Waals surface area (Å²) in [5, 5.41) is 13.9. The van der Waals surface area contributed by atoms with Crippen LogP contribution in [0.3, 0.4) is 0 Å². The first-order valence-electron chi connectivity index (χ1n) is 5.66. The Morgan fingerprint density at radius 3 is 2.79 bits per heavy atom. The van der Waals surface area contributed by atoms with Crippen LogP contribution in [0.5, 0.6) is 11.5 Å². The number of benzene rings is 1. The fourth-order valence-corrected chi connectivity index (χ4v) is 1.59. The molecule has 0 amide bonds. The van der Waals surface area contributed by atoms with E-state index in [0.29, 0.717) is 5.75 Å². The summed E-state index contributed by atoms with van der Waals surface area (Å²) < 4.78 is 5.55. The molecule has 0 fully saturated rings. The van der Waals surface area contributed by atoms with E-state index in [9.17, 15) is 10.1 Å². The van der Waals surface area contributed by atoms with Gasteiger partial charge in [0.25, 0.3) is 0 Å². The molecule has 1 aromatic heterocycles. The molecule has 0 bridgehead atoms. The lowest BCUT2D eigenvalue weighted by molar-refractivity contribution is -0.385. The monoisotopic (exact) mass is 259 g/mol. The number of nitrogens with zero attached hydrogens (tertiary/aromatic N) is 2. The van der Waals surface area contributed by atoms with Crippen molar-refractivity contribution in [3.8, 4) is 11.5 Å². The smallest absolute Gasteiger partial charge is 0.311 e. The van der Waals surface area contributed by atoms with Crippen molar-refractivity contribution in [3.63, 3.8) is 0 Å². The Balaban J connectivity index is 2.36. The zero-order chi connectivity index (χ0) is 13.8. The summed E-state index contributed by atoms with van der Waals surface area (Å²) in [6.45, 7) is 1.85. The maximum absolute atomic E-state index is 10.9. The molecule has 0 saturated heterocycles. The second-order valence-corrected chi connectivity index (χ2v) is 3.99. The molecule has 0 atom stereocenters. The second-order valence-electron chi connectivity index (χ2n) is 3.99. The van der Waals surface area contributed by atoms with E-state index in [-0.39, 0.29) is 11.4 Å². The molecule has 0 aliphatic heterocycles. The molecular formula is C13H13N3O3. The number of aromatic nitrogens is 1. The van der Waals surface area contributed by atoms with E-state index in [2.05, 4.69) is 10.3 Å². The van der Waals surface area contributed by atoms with Crippen LogP contribution in [-0.2, 0) is 0 Å². The largest absolute Gasteiger partial charge is 0.448 e. The fourth-order valence-electron chi connectivity index (χ4n) is 1.59. The molecule has 0 unspecified atom stereocenters. The molecule has 1 aromatic carbocycles. The van der Waals surface area contributed by atoms with Gasteiger partial charge in [0.15, 0.2) is 0 Å². The van der Waals surface area contributed by atoms with Crippen LogP contribution in [0.15, 0.2) is 36.7 Å². The Labute approximate surface area is 110 Å². The molecule has 19 heavy (non-hydrogen) atoms. The lowest BCUT2D eigenvalue weighted by atomic mass is 10.2. The maximum Gasteiger partial charge on any atom is 0.311 e. The van der Waals surface area contributed by atoms with Gasteiger partial charge in [-0.25, -0.2) is 0 Å². The Morgan fingerprint density at radius 1 is 1.32 bits per heavy atom. The second kappa shape index (κ2) is 5.34. The van der Waals surface area contributed by atoms with Crippen molar-refractivity contribution in [1.29, 1.82) is 0 Å². The Kier molecular flexibility index (Phi) is 3.61. The van der Waals surface area contributed by atoms with Crippen molar-refractivity contribution in [2.75, 3.05) is 12.4 Å². The molecule has 2 aromatic rings. The molecule has 2 rings (SSSR count). The Morgan fingerprint density at radius 2 is 2.11 bits per heavy atom. The number of ether oxygens (including phenoxy) is 1. The molecule has 98 valence electrons. The van der Waals surface area contributed by atoms with Gasteiger partial charge in [-0.2, -0.15) is 0 Å². The topological polar surface area (TPSA) is 77.3 Å². The standard InChI is InChI=1S/C13H13N3O3/c1-9-3-4-12(16(17)18)13(5-9)19-11-6-10(14-2)7-15-8-11/h3-8,14H,1-2H3. The van der Waals surface area contributed by atoms with E-state index in [1.54, 1.807) is 31.4 Å². The van der Waals surface area contributed by atoms with Crippen LogP contribution in [0.4, 0.5) is 11.4 Å². The number of nitrogens with one attached hydrogen (secondary N) is 1. The quantitative estimate of drug-likeness (QED) is 0.674. The summed E-state index contributed by atoms with van der Waals surface area (Å²) in [6.07, 6.45) is 3.14. The van der Waals surface area contributed by atoms with E-state index in [4.69, 9.17) is 4.74 Å². The minimum absolute atomic E-state index is 0.0690. The molecular weight excluding hydrogens is 246 g/mol. The molecule has 0 aliphatic rings. The highest BCUT2D eigenvalue weighted by atomic mass is 16.6. The Bertz CT molecular complexity index is 614. The molecule has 0 radical (unpaired) electrons. The summed E-state index contributed by atoms with van der Waals surface area (Å²) in [5.41, 5.74) is 1.59. The van der Waals surface area contributed by atoms with E-state index < -0.39 is 4.92 Å². The van der Waals surface area contributed by atoms with Crippen molar-refractivity contribution >= 4 is 11.4 Å². The summed E-state index contributed by atoms with van der Waals surface area (Å²) in [4.78, 5) is 14.5. The predicted octanol–water partition coefficient (Wildman–Crippen LogP) is 3.13. The van der Waals surface area contributed by atoms with Crippen molar-refractivity contribution in [1.82, 2.24) is 4.98 Å². The van der Waals surface area contributed by atoms with E-state index in [1.165, 1.54) is 12.3 Å². The van der Waals surface area contributed by atoms with Gasteiger partial charge in [0.05, 0.1) is 23.0 Å². The van der Waals surface area contributed by atoms with Crippen molar-refractivity contribution in [2.45, 2.75) is 6.92 Å². The van der Waals surface area contributed by atoms with E-state index in [0.717, 1.165) is 11.3 Å². The minimum atomic E-state index is -0.468. The highest BCUT2D eigenvalue weighted by Crippen LogP contribution is 2.32. The zero-order valence-electron chi connectivity index (χ0n) is 10.6. The zero-order valence-corrected chi connectivity index (χ0v) is 10.6. The van der Waals surface area contributed by atoms with Gasteiger partial charge in [-0.05, 0) is 18.6 Å². The number of hydrogen-bond donors (Lipinski definition) is 1. The van der Waals surface area contributed by atoms with E-state index in [1.807, 2.05) is 6.92 Å². The van der Waals surface area contributed by atoms with Crippen LogP contribution in [0, 0.1) is 17.0 Å². The highest BCUT2D eigenvalue weighted by Gasteiger charge is 2.15. The molecule has 0 spiro atoms. The third-order valence-electron chi connectivity index (χ3n) is 2.54. The molecule has 0 saturated carbocycles. The highest BCUT2D eigenvalue weighted by molar-refractivity contribution is 5.52. The van der Waals surface area contributed by atoms with Gasteiger partial charge < -0.3 is 10.1 Å². The lowest BCUT2D eigenvalue weighted by Crippen LogP contribution is -1.95. The lowest BCUT2D eigenvalue weighted by Gasteiger charge is -2.08. The predicted molar refractivity (Wildman–Crippen MR) is 71.7 cm³/mol. The maximum atomic E-state index is 10.9. The van der Waals surface area contributed by atoms with Gasteiger partial charge in [0, 0.05) is 19.2 Å². The van der Waals surface area contributed by atoms with Crippen LogP contribution >= 0.6 is 0 Å². The number of hydrogen-bond acceptors (Lipinski definition) is 5. The molecule has 6 heteroatoms. The first-order chi connectivity index (χ1) is 9.10. The SMILES string of the molecule is CNc1cncc(Oc2cc(C)ccc2[N+](=O)[O-])c1. The van der Waals surface area contributed by atoms with Crippen LogP contribution < -0.4 is 10.1 Å². The van der Waals surface area contributed by atoms with Crippen LogP contribution in [0.1, 0.15) is 5.56 Å². The van der Waals surface area contributed by atoms with Crippen LogP contribution in [0.25, 0.3) is 0 Å². The van der Waals surface area contributed by atoms with Crippen LogP contribution in [-0.4, -0.2) is 17.0 Å². The molecule has 1 N–H and O–H groups in total. The van der Waals surface area contributed by atoms with Crippen molar-refractivity contribution in [2.24, 2.45) is 0 Å². The fraction of sp³-hybridized carbons (Fsp3) is 0.154. The van der Waals surface area contributed by atoms with Gasteiger partial charge in [-0.1, -0.05) is 6.07 Å². The van der Waals surface area contributed by atoms with Crippen molar-refractivity contribution in [3.05, 3.63) is 52.3 Å². The summed E-state index contributed by atoms with van der Waals surface area (Å²) in [5.74, 6) is 0.653. The third-order valence-corrected chi connectivity index (χ3v) is 2.54. The molecule has 1 heterocycles. The van der Waals surface area contributed by atoms with Gasteiger partial charge >= 0.3 is 5.69 Å². The van der Waals surface area contributed by atoms with Gasteiger partial charge in [-0.3, -0.25) is 15.1 Å². The van der Waals surface area contributed by atoms with Crippen molar-refractivity contribution < 1.29 is 9.66 Å². The first kappa shape index (κ1) is 12.8. The number of aryl methyl sites for hydroxylation is 1. The minimum Gasteiger partial charge on any atom is -0.448 e. The summed E-state index contributed by atoms with van der Waals surface area (Å²) >= 11 is 0. The number of anilines is 1. The van der Waals surface area contributed by atoms with Gasteiger partial charge in [0.1, 0.15) is 5.75 Å². The number of rotatable bonds is 4. The Hall–Kier alpha value is -2.63. The normalized spacial score (nSPS) is 10.0. The number of nitro groups is 1. The molecule has 0 aliphatic carbocycles. The average Bonchev–Trinajstić information content (AvgIpc) is 2.38. The van der Waals surface area contributed by atoms with Gasteiger partial charge in [0.2, 0.25) is 5.75 Å². The molecule has 6 nitrogen and oxygen atoms in total. The number of pyridine rings is 1.